The number of carbonyl (C=O) groups is 6. The average Bonchev–Trinajstić information content (AvgIpc) is 1.81. The summed E-state index contributed by atoms with van der Waals surface area (Å²) >= 11 is 2.64. The van der Waals surface area contributed by atoms with Crippen molar-refractivity contribution < 1.29 is 100 Å². The highest BCUT2D eigenvalue weighted by molar-refractivity contribution is 8.00. The molecule has 0 unspecified atom stereocenters. The smallest absolute Gasteiger partial charge is 0.462 e. The highest BCUT2D eigenvalue weighted by Gasteiger charge is 2.58. The van der Waals surface area contributed by atoms with Crippen LogP contribution >= 0.6 is 23.5 Å². The van der Waals surface area contributed by atoms with Gasteiger partial charge in [0.2, 0.25) is 11.8 Å². The van der Waals surface area contributed by atoms with Crippen LogP contribution in [0.15, 0.2) is 46.2 Å². The molecule has 0 spiro atoms. The molecule has 6 atom stereocenters. The summed E-state index contributed by atoms with van der Waals surface area (Å²) in [5.41, 5.74) is -4.41. The zero-order chi connectivity index (χ0) is 64.8. The van der Waals surface area contributed by atoms with E-state index in [0.717, 1.165) is 47.9 Å². The Labute approximate surface area is 501 Å². The van der Waals surface area contributed by atoms with Crippen LogP contribution in [0.1, 0.15) is 156 Å². The molecule has 2 aliphatic heterocycles. The molecule has 2 aromatic carbocycles. The molecule has 4 amide bonds. The molecule has 0 bridgehead atoms. The molecule has 2 saturated carbocycles. The quantitative estimate of drug-likeness (QED) is 0.0928. The van der Waals surface area contributed by atoms with Gasteiger partial charge < -0.3 is 39.4 Å². The van der Waals surface area contributed by atoms with Crippen molar-refractivity contribution in [2.75, 3.05) is 26.4 Å². The van der Waals surface area contributed by atoms with Crippen LogP contribution in [0, 0.1) is 10.8 Å². The van der Waals surface area contributed by atoms with Crippen LogP contribution in [0.25, 0.3) is 0 Å². The van der Waals surface area contributed by atoms with E-state index in [4.69, 9.17) is 18.9 Å². The molecule has 86 heavy (non-hydrogen) atoms. The molecule has 14 nitrogen and oxygen atoms in total. The maximum absolute atomic E-state index is 13.9. The summed E-state index contributed by atoms with van der Waals surface area (Å²) in [6.07, 6.45) is -21.3. The van der Waals surface area contributed by atoms with Crippen LogP contribution in [0.2, 0.25) is 0 Å². The minimum atomic E-state index is -5.14. The number of nitrogens with one attached hydrogen (secondary N) is 2. The van der Waals surface area contributed by atoms with E-state index in [-0.39, 0.29) is 124 Å². The van der Waals surface area contributed by atoms with Gasteiger partial charge in [0.1, 0.15) is 12.2 Å². The Morgan fingerprint density at radius 2 is 0.849 bits per heavy atom. The summed E-state index contributed by atoms with van der Waals surface area (Å²) in [6, 6.07) is 3.07. The second-order valence-corrected chi connectivity index (χ2v) is 27.9. The van der Waals surface area contributed by atoms with Crippen LogP contribution in [0.4, 0.5) is 52.7 Å². The Morgan fingerprint density at radius 1 is 0.535 bits per heavy atom. The van der Waals surface area contributed by atoms with Gasteiger partial charge in [-0.25, -0.2) is 0 Å². The summed E-state index contributed by atoms with van der Waals surface area (Å²) < 4.78 is 184. The lowest BCUT2D eigenvalue weighted by atomic mass is 9.79. The number of benzene rings is 2. The van der Waals surface area contributed by atoms with Gasteiger partial charge >= 0.3 is 48.5 Å². The molecule has 0 aromatic heterocycles. The van der Waals surface area contributed by atoms with Crippen LogP contribution < -0.4 is 10.6 Å². The highest BCUT2D eigenvalue weighted by Crippen LogP contribution is 2.49. The number of thioether (sulfide) groups is 2. The first-order chi connectivity index (χ1) is 39.5. The summed E-state index contributed by atoms with van der Waals surface area (Å²) in [7, 11) is 0. The third-order valence-corrected chi connectivity index (χ3v) is 18.1. The molecule has 484 valence electrons. The van der Waals surface area contributed by atoms with Crippen LogP contribution in [-0.4, -0.2) is 130 Å². The highest BCUT2D eigenvalue weighted by atomic mass is 32.2. The molecule has 6 rings (SSSR count). The lowest BCUT2D eigenvalue weighted by molar-refractivity contribution is -0.192. The van der Waals surface area contributed by atoms with Crippen LogP contribution in [0.3, 0.4) is 0 Å². The number of hydrogen-bond donors (Lipinski definition) is 2. The van der Waals surface area contributed by atoms with E-state index in [1.807, 2.05) is 41.5 Å². The van der Waals surface area contributed by atoms with E-state index in [1.165, 1.54) is 49.5 Å². The monoisotopic (exact) mass is 1280 g/mol. The molecule has 2 aliphatic carbocycles. The van der Waals surface area contributed by atoms with Gasteiger partial charge in [-0.2, -0.15) is 52.7 Å². The Balaban J connectivity index is 0.000000314. The molecule has 2 N–H and O–H groups in total. The maximum atomic E-state index is 13.9. The second-order valence-electron chi connectivity index (χ2n) is 24.2. The van der Waals surface area contributed by atoms with Gasteiger partial charge in [-0.1, -0.05) is 41.5 Å². The molecule has 4 aliphatic rings. The minimum absolute atomic E-state index is 0.00497. The van der Waals surface area contributed by atoms with E-state index in [0.29, 0.717) is 9.79 Å². The Kier molecular flexibility index (Phi) is 23.6. The van der Waals surface area contributed by atoms with Crippen LogP contribution in [0.5, 0.6) is 0 Å². The van der Waals surface area contributed by atoms with Crippen molar-refractivity contribution in [1.29, 1.82) is 0 Å². The standard InChI is InChI=1S/2C29H38F6N2O5S/c2*1-17(42-18(2)38)27(11-8-22(15-27)37(25(40)29(33,34)35)21-9-12-41-13-10-21)24(39)36-16-19-14-20(28(30,31)32)6-7-23(19)43-26(3,4)5/h2*6-7,14,17,21-22H,8-13,15-16H2,1-5H3,(H,36,39)/t17-,22+,27-;17-,22-,27+/m01/s1. The van der Waals surface area contributed by atoms with Crippen LogP contribution in [-0.2, 0) is 73.2 Å². The summed E-state index contributed by atoms with van der Waals surface area (Å²) in [5.74, 6) is -6.80. The molecule has 2 heterocycles. The zero-order valence-corrected chi connectivity index (χ0v) is 51.2. The van der Waals surface area contributed by atoms with Gasteiger partial charge in [0, 0.05) is 96.8 Å². The van der Waals surface area contributed by atoms with Crippen molar-refractivity contribution in [3.63, 3.8) is 0 Å². The average molecular weight is 1280 g/mol. The Hall–Kier alpha value is -4.96. The van der Waals surface area contributed by atoms with Gasteiger partial charge in [-0.15, -0.1) is 23.5 Å². The lowest BCUT2D eigenvalue weighted by Gasteiger charge is -2.40. The fraction of sp³-hybridized carbons (Fsp3) is 0.690. The van der Waals surface area contributed by atoms with Gasteiger partial charge in [0.05, 0.1) is 22.0 Å². The summed E-state index contributed by atoms with van der Waals surface area (Å²) in [5, 5.41) is 5.37. The number of rotatable bonds is 16. The van der Waals surface area contributed by atoms with E-state index < -0.39 is 119 Å². The van der Waals surface area contributed by atoms with Gasteiger partial charge in [0.25, 0.3) is 0 Å². The molecule has 2 aromatic rings. The Morgan fingerprint density at radius 3 is 1.12 bits per heavy atom. The van der Waals surface area contributed by atoms with Gasteiger partial charge in [-0.05, 0) is 126 Å². The number of hydrogen-bond acceptors (Lipinski definition) is 12. The van der Waals surface area contributed by atoms with Crippen molar-refractivity contribution in [3.8, 4) is 0 Å². The molecular formula is C58H76F12N4O10S2. The summed E-state index contributed by atoms with van der Waals surface area (Å²) in [6.45, 7) is 16.6. The predicted octanol–water partition coefficient (Wildman–Crippen LogP) is 12.5. The largest absolute Gasteiger partial charge is 0.471 e. The topological polar surface area (TPSA) is 170 Å². The van der Waals surface area contributed by atoms with E-state index >= 15 is 0 Å². The maximum Gasteiger partial charge on any atom is 0.471 e. The van der Waals surface area contributed by atoms with Crippen molar-refractivity contribution in [2.45, 2.75) is 227 Å². The number of halogens is 12. The van der Waals surface area contributed by atoms with Gasteiger partial charge in [0.15, 0.2) is 0 Å². The number of alkyl halides is 12. The number of amides is 4. The van der Waals surface area contributed by atoms with Crippen molar-refractivity contribution in [3.05, 3.63) is 58.7 Å². The number of ether oxygens (including phenoxy) is 4. The molecule has 2 saturated heterocycles. The van der Waals surface area contributed by atoms with Crippen molar-refractivity contribution in [2.24, 2.45) is 10.8 Å². The van der Waals surface area contributed by atoms with Crippen molar-refractivity contribution in [1.82, 2.24) is 20.4 Å². The first-order valence-electron chi connectivity index (χ1n) is 28.1. The zero-order valence-electron chi connectivity index (χ0n) is 49.6. The number of esters is 2. The normalized spacial score (nSPS) is 22.6. The summed E-state index contributed by atoms with van der Waals surface area (Å²) in [4.78, 5) is 79.4. The number of nitrogens with zero attached hydrogens (tertiary/aromatic N) is 2. The first-order valence-corrected chi connectivity index (χ1v) is 29.8. The van der Waals surface area contributed by atoms with E-state index in [2.05, 4.69) is 10.6 Å². The number of carbonyl (C=O) groups excluding carboxylic acids is 6. The second kappa shape index (κ2) is 28.3. The third kappa shape index (κ3) is 19.0. The molecule has 4 fully saturated rings. The SMILES string of the molecule is CC(=O)O[C@@H](C)[C@]1(C(=O)NCc2cc(C(F)(F)F)ccc2SC(C)(C)C)CC[C@@H](N(C(=O)C(F)(F)F)C2CCOCC2)C1.CC(=O)O[C@H](C)[C@]1(C(=O)NCc2cc(C(F)(F)F)ccc2SC(C)(C)C)CC[C@@H](N(C(=O)C(F)(F)F)C2CCOCC2)C1. The van der Waals surface area contributed by atoms with E-state index in [1.54, 1.807) is 0 Å². The molecule has 28 heteroatoms. The molecule has 0 radical (unpaired) electrons. The molecular weight excluding hydrogens is 1200 g/mol. The lowest BCUT2D eigenvalue weighted by Crippen LogP contribution is -2.54. The minimum Gasteiger partial charge on any atom is -0.462 e. The third-order valence-electron chi connectivity index (χ3n) is 15.6. The van der Waals surface area contributed by atoms with Gasteiger partial charge in [-0.3, -0.25) is 28.8 Å². The fourth-order valence-electron chi connectivity index (χ4n) is 11.6. The first kappa shape index (κ1) is 71.8. The Bertz CT molecular complexity index is 2540. The van der Waals surface area contributed by atoms with E-state index in [9.17, 15) is 81.5 Å². The predicted molar refractivity (Wildman–Crippen MR) is 294 cm³/mol. The fourth-order valence-corrected chi connectivity index (χ4v) is 13.8. The van der Waals surface area contributed by atoms with Crippen molar-refractivity contribution >= 4 is 59.1 Å².